The van der Waals surface area contributed by atoms with E-state index in [1.165, 1.54) is 0 Å². The molecule has 0 amide bonds. The summed E-state index contributed by atoms with van der Waals surface area (Å²) in [6, 6.07) is 0. The second-order valence-corrected chi connectivity index (χ2v) is 2.66. The van der Waals surface area contributed by atoms with E-state index in [9.17, 15) is 0 Å². The summed E-state index contributed by atoms with van der Waals surface area (Å²) in [5, 5.41) is 0. The van der Waals surface area contributed by atoms with E-state index >= 15 is 0 Å². The summed E-state index contributed by atoms with van der Waals surface area (Å²) in [7, 11) is 1.56. The van der Waals surface area contributed by atoms with Gasteiger partial charge in [0.05, 0.1) is 6.61 Å². The number of hydrogen-bond donors (Lipinski definition) is 0. The summed E-state index contributed by atoms with van der Waals surface area (Å²) < 4.78 is 15.0. The highest BCUT2D eigenvalue weighted by atomic mass is 32.2. The number of ether oxygens (including phenoxy) is 3. The van der Waals surface area contributed by atoms with Crippen LogP contribution in [0.1, 0.15) is 0 Å². The molecule has 1 saturated heterocycles. The summed E-state index contributed by atoms with van der Waals surface area (Å²) in [5.41, 5.74) is 0.148. The highest BCUT2D eigenvalue weighted by molar-refractivity contribution is 7.99. The molecule has 1 aliphatic rings. The highest BCUT2D eigenvalue weighted by Crippen LogP contribution is 2.19. The van der Waals surface area contributed by atoms with Gasteiger partial charge in [-0.15, -0.1) is 11.8 Å². The van der Waals surface area contributed by atoms with Crippen LogP contribution in [0.15, 0.2) is 0 Å². The third-order valence-electron chi connectivity index (χ3n) is 1.09. The van der Waals surface area contributed by atoms with Crippen LogP contribution in [0.25, 0.3) is 0 Å². The zero-order valence-corrected chi connectivity index (χ0v) is 6.31. The molecule has 0 aliphatic carbocycles. The zero-order valence-electron chi connectivity index (χ0n) is 5.49. The Kier molecular flexibility index (Phi) is 2.78. The van der Waals surface area contributed by atoms with Crippen LogP contribution in [0.5, 0.6) is 0 Å². The summed E-state index contributed by atoms with van der Waals surface area (Å²) >= 11 is 1.62. The van der Waals surface area contributed by atoms with E-state index in [1.54, 1.807) is 18.9 Å². The molecule has 0 aromatic heterocycles. The minimum atomic E-state index is -0.442. The van der Waals surface area contributed by atoms with Gasteiger partial charge in [0.15, 0.2) is 0 Å². The minimum Gasteiger partial charge on any atom is -0.333 e. The Morgan fingerprint density at radius 2 is 2.44 bits per heavy atom. The first-order valence-corrected chi connectivity index (χ1v) is 3.98. The van der Waals surface area contributed by atoms with Crippen LogP contribution in [-0.2, 0) is 14.2 Å². The predicted octanol–water partition coefficient (Wildman–Crippen LogP) is 0.652. The molecule has 2 atom stereocenters. The normalized spacial score (nSPS) is 35.3. The van der Waals surface area contributed by atoms with Gasteiger partial charge in [0.2, 0.25) is 0 Å². The van der Waals surface area contributed by atoms with Crippen LogP contribution >= 0.6 is 11.8 Å². The molecular weight excluding hydrogens is 140 g/mol. The van der Waals surface area contributed by atoms with Gasteiger partial charge >= 0.3 is 0 Å². The van der Waals surface area contributed by atoms with Gasteiger partial charge in [-0.1, -0.05) is 0 Å². The van der Waals surface area contributed by atoms with Crippen LogP contribution < -0.4 is 0 Å². The van der Waals surface area contributed by atoms with Gasteiger partial charge in [0, 0.05) is 7.11 Å². The maximum absolute atomic E-state index is 5.18. The van der Waals surface area contributed by atoms with Gasteiger partial charge < -0.3 is 14.2 Å². The van der Waals surface area contributed by atoms with Crippen LogP contribution in [0.2, 0.25) is 0 Å². The van der Waals surface area contributed by atoms with E-state index in [1.807, 2.05) is 6.26 Å². The first kappa shape index (κ1) is 7.34. The van der Waals surface area contributed by atoms with Crippen molar-refractivity contribution in [1.82, 2.24) is 0 Å². The lowest BCUT2D eigenvalue weighted by Crippen LogP contribution is -2.10. The van der Waals surface area contributed by atoms with Crippen molar-refractivity contribution in [1.29, 1.82) is 0 Å². The molecular formula is C5H10O3S. The summed E-state index contributed by atoms with van der Waals surface area (Å²) in [5.74, 6) is 0. The van der Waals surface area contributed by atoms with Crippen molar-refractivity contribution < 1.29 is 14.2 Å². The van der Waals surface area contributed by atoms with E-state index in [-0.39, 0.29) is 5.44 Å². The summed E-state index contributed by atoms with van der Waals surface area (Å²) in [6.45, 7) is 0.182. The standard InChI is InChI=1S/C5H10O3S/c1-6-5-7-3-4(8-5)9-2/h4-5H,3H2,1-2H3. The number of thioether (sulfide) groups is 1. The largest absolute Gasteiger partial charge is 0.333 e. The van der Waals surface area contributed by atoms with Crippen LogP contribution in [0.4, 0.5) is 0 Å². The van der Waals surface area contributed by atoms with Crippen molar-refractivity contribution in [2.75, 3.05) is 20.0 Å². The Morgan fingerprint density at radius 1 is 1.67 bits per heavy atom. The van der Waals surface area contributed by atoms with Crippen molar-refractivity contribution in [3.63, 3.8) is 0 Å². The van der Waals surface area contributed by atoms with Crippen molar-refractivity contribution in [2.45, 2.75) is 11.9 Å². The Balaban J connectivity index is 2.20. The van der Waals surface area contributed by atoms with Crippen molar-refractivity contribution in [3.05, 3.63) is 0 Å². The fourth-order valence-corrected chi connectivity index (χ4v) is 1.02. The quantitative estimate of drug-likeness (QED) is 0.577. The Morgan fingerprint density at radius 3 is 2.78 bits per heavy atom. The third-order valence-corrected chi connectivity index (χ3v) is 1.86. The van der Waals surface area contributed by atoms with Gasteiger partial charge in [0.1, 0.15) is 5.44 Å². The average Bonchev–Trinajstić information content (AvgIpc) is 2.34. The monoisotopic (exact) mass is 150 g/mol. The number of hydrogen-bond acceptors (Lipinski definition) is 4. The molecule has 1 rings (SSSR count). The molecule has 0 N–H and O–H groups in total. The lowest BCUT2D eigenvalue weighted by Gasteiger charge is -2.05. The Hall–Kier alpha value is 0.230. The molecule has 0 saturated carbocycles. The maximum atomic E-state index is 5.18. The smallest absolute Gasteiger partial charge is 0.272 e. The van der Waals surface area contributed by atoms with E-state index in [0.717, 1.165) is 0 Å². The molecule has 1 heterocycles. The van der Waals surface area contributed by atoms with Crippen molar-refractivity contribution in [2.24, 2.45) is 0 Å². The van der Waals surface area contributed by atoms with Crippen LogP contribution in [-0.4, -0.2) is 31.9 Å². The van der Waals surface area contributed by atoms with Gasteiger partial charge in [-0.05, 0) is 6.26 Å². The molecule has 54 valence electrons. The molecule has 0 aromatic carbocycles. The van der Waals surface area contributed by atoms with Gasteiger partial charge in [-0.2, -0.15) is 0 Å². The topological polar surface area (TPSA) is 27.7 Å². The lowest BCUT2D eigenvalue weighted by molar-refractivity contribution is -0.216. The van der Waals surface area contributed by atoms with E-state index in [2.05, 4.69) is 0 Å². The molecule has 4 heteroatoms. The van der Waals surface area contributed by atoms with Crippen LogP contribution in [0, 0.1) is 0 Å². The average molecular weight is 150 g/mol. The lowest BCUT2D eigenvalue weighted by atomic mass is 10.8. The Labute approximate surface area is 58.7 Å². The zero-order chi connectivity index (χ0) is 6.69. The SMILES string of the molecule is COC1OCC(SC)O1. The van der Waals surface area contributed by atoms with Crippen molar-refractivity contribution in [3.8, 4) is 0 Å². The minimum absolute atomic E-state index is 0.148. The first-order chi connectivity index (χ1) is 4.36. The second-order valence-electron chi connectivity index (χ2n) is 1.66. The third kappa shape index (κ3) is 1.82. The predicted molar refractivity (Wildman–Crippen MR) is 35.1 cm³/mol. The fourth-order valence-electron chi connectivity index (χ4n) is 0.607. The number of methoxy groups -OCH3 is 1. The molecule has 0 radical (unpaired) electrons. The van der Waals surface area contributed by atoms with Crippen LogP contribution in [0.3, 0.4) is 0 Å². The fraction of sp³-hybridized carbons (Fsp3) is 1.00. The Bertz CT molecular complexity index is 78.3. The molecule has 2 unspecified atom stereocenters. The maximum Gasteiger partial charge on any atom is 0.272 e. The van der Waals surface area contributed by atoms with Crippen molar-refractivity contribution >= 4 is 11.8 Å². The summed E-state index contributed by atoms with van der Waals surface area (Å²) in [4.78, 5) is 0. The molecule has 9 heavy (non-hydrogen) atoms. The molecule has 1 aliphatic heterocycles. The molecule has 3 nitrogen and oxygen atoms in total. The highest BCUT2D eigenvalue weighted by Gasteiger charge is 2.24. The van der Waals surface area contributed by atoms with E-state index in [4.69, 9.17) is 14.2 Å². The van der Waals surface area contributed by atoms with Gasteiger partial charge in [-0.3, -0.25) is 0 Å². The van der Waals surface area contributed by atoms with E-state index in [0.29, 0.717) is 6.61 Å². The van der Waals surface area contributed by atoms with Gasteiger partial charge in [0.25, 0.3) is 6.48 Å². The van der Waals surface area contributed by atoms with Gasteiger partial charge in [-0.25, -0.2) is 0 Å². The first-order valence-electron chi connectivity index (χ1n) is 2.69. The number of rotatable bonds is 2. The molecule has 0 spiro atoms. The molecule has 0 aromatic rings. The summed E-state index contributed by atoms with van der Waals surface area (Å²) in [6.07, 6.45) is 1.98. The second kappa shape index (κ2) is 3.41. The molecule has 1 fully saturated rings. The van der Waals surface area contributed by atoms with E-state index < -0.39 is 6.48 Å². The molecule has 0 bridgehead atoms.